The first-order valence-corrected chi connectivity index (χ1v) is 7.53. The van der Waals surface area contributed by atoms with Crippen LogP contribution in [0.15, 0.2) is 42.9 Å². The van der Waals surface area contributed by atoms with Gasteiger partial charge in [0.2, 0.25) is 5.91 Å². The molecule has 0 aliphatic heterocycles. The van der Waals surface area contributed by atoms with Gasteiger partial charge in [-0.1, -0.05) is 0 Å². The Balaban J connectivity index is 2.02. The van der Waals surface area contributed by atoms with Gasteiger partial charge in [-0.3, -0.25) is 4.79 Å². The van der Waals surface area contributed by atoms with E-state index in [-0.39, 0.29) is 11.9 Å². The van der Waals surface area contributed by atoms with Crippen LogP contribution in [0.5, 0.6) is 0 Å². The average molecular weight is 348 g/mol. The predicted octanol–water partition coefficient (Wildman–Crippen LogP) is 4.02. The zero-order valence-electron chi connectivity index (χ0n) is 13.5. The fourth-order valence-corrected chi connectivity index (χ4v) is 2.63. The Kier molecular flexibility index (Phi) is 4.20. The number of halogens is 3. The van der Waals surface area contributed by atoms with Crippen LogP contribution >= 0.6 is 0 Å². The Morgan fingerprint density at radius 2 is 1.96 bits per heavy atom. The van der Waals surface area contributed by atoms with Crippen LogP contribution in [0, 0.1) is 0 Å². The van der Waals surface area contributed by atoms with Gasteiger partial charge in [0, 0.05) is 13.1 Å². The molecule has 0 saturated heterocycles. The smallest absolute Gasteiger partial charge is 0.323 e. The molecule has 1 N–H and O–H groups in total. The number of fused-ring (bicyclic) bond motifs is 1. The monoisotopic (exact) mass is 348 g/mol. The van der Waals surface area contributed by atoms with Gasteiger partial charge in [0.05, 0.1) is 29.0 Å². The van der Waals surface area contributed by atoms with Crippen molar-refractivity contribution >= 4 is 22.8 Å². The third-order valence-electron chi connectivity index (χ3n) is 3.89. The number of pyridine rings is 1. The van der Waals surface area contributed by atoms with Crippen molar-refractivity contribution in [3.8, 4) is 0 Å². The maximum absolute atomic E-state index is 13.0. The quantitative estimate of drug-likeness (QED) is 0.778. The number of alkyl halides is 3. The van der Waals surface area contributed by atoms with Gasteiger partial charge in [0.25, 0.3) is 0 Å². The van der Waals surface area contributed by atoms with E-state index in [1.54, 1.807) is 16.7 Å². The lowest BCUT2D eigenvalue weighted by molar-refractivity contribution is -0.137. The van der Waals surface area contributed by atoms with Gasteiger partial charge in [-0.05, 0) is 42.8 Å². The Hall–Kier alpha value is -2.90. The lowest BCUT2D eigenvalue weighted by Gasteiger charge is -2.16. The number of hydrogen-bond acceptors (Lipinski definition) is 3. The number of carbonyl (C=O) groups is 1. The first kappa shape index (κ1) is 16.9. The summed E-state index contributed by atoms with van der Waals surface area (Å²) in [6.45, 7) is 3.22. The number of nitrogens with one attached hydrogen (secondary N) is 1. The number of aromatic nitrogens is 3. The molecule has 2 aromatic heterocycles. The van der Waals surface area contributed by atoms with Crippen LogP contribution < -0.4 is 5.32 Å². The molecular formula is C17H15F3N4O. The zero-order chi connectivity index (χ0) is 18.2. The number of carbonyl (C=O) groups excluding carboxylic acids is 1. The summed E-state index contributed by atoms with van der Waals surface area (Å²) in [4.78, 5) is 19.4. The van der Waals surface area contributed by atoms with Gasteiger partial charge < -0.3 is 9.88 Å². The Bertz CT molecular complexity index is 933. The minimum absolute atomic E-state index is 0.250. The minimum Gasteiger partial charge on any atom is -0.323 e. The molecule has 1 atom stereocenters. The van der Waals surface area contributed by atoms with E-state index in [2.05, 4.69) is 15.3 Å². The van der Waals surface area contributed by atoms with Crippen LogP contribution in [0.4, 0.5) is 19.0 Å². The highest BCUT2D eigenvalue weighted by molar-refractivity contribution is 5.87. The molecule has 1 unspecified atom stereocenters. The van der Waals surface area contributed by atoms with E-state index in [0.29, 0.717) is 16.9 Å². The fraction of sp³-hybridized carbons (Fsp3) is 0.235. The van der Waals surface area contributed by atoms with Crippen molar-refractivity contribution in [2.75, 3.05) is 5.32 Å². The molecule has 1 aromatic carbocycles. The maximum atomic E-state index is 13.0. The second kappa shape index (κ2) is 6.19. The second-order valence-electron chi connectivity index (χ2n) is 5.68. The number of nitrogens with zero attached hydrogens (tertiary/aromatic N) is 3. The van der Waals surface area contributed by atoms with Crippen LogP contribution in [0.3, 0.4) is 0 Å². The molecule has 0 aliphatic carbocycles. The molecule has 0 spiro atoms. The number of benzene rings is 1. The highest BCUT2D eigenvalue weighted by Crippen LogP contribution is 2.32. The van der Waals surface area contributed by atoms with Crippen LogP contribution in [0.1, 0.15) is 31.0 Å². The van der Waals surface area contributed by atoms with Crippen molar-refractivity contribution < 1.29 is 18.0 Å². The van der Waals surface area contributed by atoms with E-state index >= 15 is 0 Å². The second-order valence-corrected chi connectivity index (χ2v) is 5.68. The van der Waals surface area contributed by atoms with Gasteiger partial charge in [0.15, 0.2) is 0 Å². The van der Waals surface area contributed by atoms with Crippen molar-refractivity contribution in [3.63, 3.8) is 0 Å². The van der Waals surface area contributed by atoms with Crippen LogP contribution in [-0.2, 0) is 11.0 Å². The van der Waals surface area contributed by atoms with E-state index in [9.17, 15) is 18.0 Å². The van der Waals surface area contributed by atoms with E-state index < -0.39 is 11.7 Å². The van der Waals surface area contributed by atoms with Crippen molar-refractivity contribution in [1.29, 1.82) is 0 Å². The van der Waals surface area contributed by atoms with Crippen LogP contribution in [0.25, 0.3) is 11.0 Å². The molecule has 2 heterocycles. The molecular weight excluding hydrogens is 333 g/mol. The molecule has 0 saturated carbocycles. The molecule has 25 heavy (non-hydrogen) atoms. The number of anilines is 1. The van der Waals surface area contributed by atoms with Gasteiger partial charge in [-0.2, -0.15) is 13.2 Å². The Labute approximate surface area is 141 Å². The average Bonchev–Trinajstić information content (AvgIpc) is 2.96. The molecule has 0 radical (unpaired) electrons. The Morgan fingerprint density at radius 3 is 2.64 bits per heavy atom. The van der Waals surface area contributed by atoms with E-state index in [1.165, 1.54) is 25.5 Å². The summed E-state index contributed by atoms with van der Waals surface area (Å²) in [7, 11) is 0. The summed E-state index contributed by atoms with van der Waals surface area (Å²) >= 11 is 0. The first-order chi connectivity index (χ1) is 11.8. The first-order valence-electron chi connectivity index (χ1n) is 7.53. The standard InChI is InChI=1S/C17H15F3N4O/c1-10(12-5-6-21-16(7-12)23-11(2)25)24-9-22-14-4-3-13(8-15(14)24)17(18,19)20/h3-10H,1-2H3,(H,21,23,25). The molecule has 130 valence electrons. The fourth-order valence-electron chi connectivity index (χ4n) is 2.63. The van der Waals surface area contributed by atoms with E-state index in [0.717, 1.165) is 17.7 Å². The molecule has 0 bridgehead atoms. The molecule has 3 rings (SSSR count). The number of amides is 1. The van der Waals surface area contributed by atoms with E-state index in [4.69, 9.17) is 0 Å². The van der Waals surface area contributed by atoms with Gasteiger partial charge in [-0.15, -0.1) is 0 Å². The van der Waals surface area contributed by atoms with Crippen molar-refractivity contribution in [3.05, 3.63) is 54.0 Å². The summed E-state index contributed by atoms with van der Waals surface area (Å²) in [5, 5.41) is 2.59. The molecule has 5 nitrogen and oxygen atoms in total. The lowest BCUT2D eigenvalue weighted by Crippen LogP contribution is -2.10. The topological polar surface area (TPSA) is 59.8 Å². The molecule has 1 amide bonds. The molecule has 8 heteroatoms. The highest BCUT2D eigenvalue weighted by Gasteiger charge is 2.31. The van der Waals surface area contributed by atoms with Gasteiger partial charge >= 0.3 is 6.18 Å². The largest absolute Gasteiger partial charge is 0.416 e. The summed E-state index contributed by atoms with van der Waals surface area (Å²) in [6, 6.07) is 6.61. The third kappa shape index (κ3) is 3.47. The maximum Gasteiger partial charge on any atom is 0.416 e. The SMILES string of the molecule is CC(=O)Nc1cc(C(C)n2cnc3ccc(C(F)(F)F)cc32)ccn1. The Morgan fingerprint density at radius 1 is 1.20 bits per heavy atom. The summed E-state index contributed by atoms with van der Waals surface area (Å²) in [5.41, 5.74) is 0.939. The van der Waals surface area contributed by atoms with Gasteiger partial charge in [-0.25, -0.2) is 9.97 Å². The predicted molar refractivity (Wildman–Crippen MR) is 87.1 cm³/mol. The normalized spacial score (nSPS) is 13.0. The number of imidazole rings is 1. The van der Waals surface area contributed by atoms with Crippen LogP contribution in [0.2, 0.25) is 0 Å². The lowest BCUT2D eigenvalue weighted by atomic mass is 10.1. The van der Waals surface area contributed by atoms with Crippen molar-refractivity contribution in [2.45, 2.75) is 26.1 Å². The molecule has 0 fully saturated rings. The number of hydrogen-bond donors (Lipinski definition) is 1. The van der Waals surface area contributed by atoms with Crippen LogP contribution in [-0.4, -0.2) is 20.4 Å². The third-order valence-corrected chi connectivity index (χ3v) is 3.89. The molecule has 0 aliphatic rings. The summed E-state index contributed by atoms with van der Waals surface area (Å²) < 4.78 is 40.6. The highest BCUT2D eigenvalue weighted by atomic mass is 19.4. The van der Waals surface area contributed by atoms with Crippen molar-refractivity contribution in [2.24, 2.45) is 0 Å². The zero-order valence-corrected chi connectivity index (χ0v) is 13.5. The summed E-state index contributed by atoms with van der Waals surface area (Å²) in [5.74, 6) is 0.137. The summed E-state index contributed by atoms with van der Waals surface area (Å²) in [6.07, 6.45) is -1.37. The minimum atomic E-state index is -4.41. The molecule has 3 aromatic rings. The van der Waals surface area contributed by atoms with Gasteiger partial charge in [0.1, 0.15) is 5.82 Å². The van der Waals surface area contributed by atoms with E-state index in [1.807, 2.05) is 6.92 Å². The number of rotatable bonds is 3. The van der Waals surface area contributed by atoms with Crippen molar-refractivity contribution in [1.82, 2.24) is 14.5 Å².